The maximum atomic E-state index is 5.90. The lowest BCUT2D eigenvalue weighted by Crippen LogP contribution is -2.07. The maximum Gasteiger partial charge on any atom is 0.151 e. The zero-order valence-electron chi connectivity index (χ0n) is 11.5. The first kappa shape index (κ1) is 14.2. The van der Waals surface area contributed by atoms with Crippen LogP contribution in [0.25, 0.3) is 5.69 Å². The molecule has 0 saturated carbocycles. The van der Waals surface area contributed by atoms with Crippen LogP contribution in [0, 0.1) is 0 Å². The minimum Gasteiger partial charge on any atom is -0.324 e. The van der Waals surface area contributed by atoms with Crippen molar-refractivity contribution in [3.05, 3.63) is 39.9 Å². The van der Waals surface area contributed by atoms with Crippen molar-refractivity contribution in [2.75, 3.05) is 0 Å². The third-order valence-electron chi connectivity index (χ3n) is 3.08. The minimum absolute atomic E-state index is 0.0259. The van der Waals surface area contributed by atoms with Crippen LogP contribution < -0.4 is 5.73 Å². The summed E-state index contributed by atoms with van der Waals surface area (Å²) in [4.78, 5) is 4.53. The molecule has 0 bridgehead atoms. The fourth-order valence-corrected chi connectivity index (χ4v) is 2.51. The number of aryl methyl sites for hydroxylation is 2. The quantitative estimate of drug-likeness (QED) is 0.940. The Morgan fingerprint density at radius 2 is 2.05 bits per heavy atom. The van der Waals surface area contributed by atoms with Crippen LogP contribution in [-0.2, 0) is 12.8 Å². The van der Waals surface area contributed by atoms with Gasteiger partial charge in [0.25, 0.3) is 0 Å². The van der Waals surface area contributed by atoms with Crippen LogP contribution in [0.3, 0.4) is 0 Å². The lowest BCUT2D eigenvalue weighted by molar-refractivity contribution is 0.781. The van der Waals surface area contributed by atoms with E-state index in [4.69, 9.17) is 5.73 Å². The Hall–Kier alpha value is -1.20. The molecular weight excluding hydrogens is 304 g/mol. The Morgan fingerprint density at radius 3 is 2.58 bits per heavy atom. The van der Waals surface area contributed by atoms with E-state index in [-0.39, 0.29) is 6.04 Å². The lowest BCUT2D eigenvalue weighted by Gasteiger charge is -2.11. The van der Waals surface area contributed by atoms with Crippen LogP contribution in [0.1, 0.15) is 44.0 Å². The average molecular weight is 323 g/mol. The van der Waals surface area contributed by atoms with Gasteiger partial charge in [-0.05, 0) is 40.5 Å². The van der Waals surface area contributed by atoms with Crippen molar-refractivity contribution >= 4 is 15.9 Å². The van der Waals surface area contributed by atoms with Crippen molar-refractivity contribution < 1.29 is 0 Å². The summed E-state index contributed by atoms with van der Waals surface area (Å²) < 4.78 is 2.90. The van der Waals surface area contributed by atoms with Gasteiger partial charge in [-0.1, -0.05) is 19.9 Å². The molecule has 0 radical (unpaired) electrons. The SMILES string of the molecule is CCc1nc(CC)n(-c2ccc(C(C)N)cc2Br)n1. The van der Waals surface area contributed by atoms with E-state index in [0.29, 0.717) is 0 Å². The van der Waals surface area contributed by atoms with Gasteiger partial charge in [0.05, 0.1) is 5.69 Å². The highest BCUT2D eigenvalue weighted by Crippen LogP contribution is 2.25. The first-order valence-corrected chi connectivity index (χ1v) is 7.36. The second kappa shape index (κ2) is 5.84. The molecule has 0 aliphatic heterocycles. The van der Waals surface area contributed by atoms with E-state index in [1.807, 2.05) is 29.8 Å². The minimum atomic E-state index is 0.0259. The van der Waals surface area contributed by atoms with E-state index in [1.165, 1.54) is 0 Å². The monoisotopic (exact) mass is 322 g/mol. The van der Waals surface area contributed by atoms with Crippen molar-refractivity contribution in [1.29, 1.82) is 0 Å². The van der Waals surface area contributed by atoms with Gasteiger partial charge in [0.1, 0.15) is 5.82 Å². The number of nitrogens with two attached hydrogens (primary N) is 1. The third kappa shape index (κ3) is 2.87. The van der Waals surface area contributed by atoms with Crippen LogP contribution >= 0.6 is 15.9 Å². The topological polar surface area (TPSA) is 56.7 Å². The summed E-state index contributed by atoms with van der Waals surface area (Å²) >= 11 is 3.60. The van der Waals surface area contributed by atoms with Gasteiger partial charge in [-0.15, -0.1) is 0 Å². The molecule has 102 valence electrons. The zero-order chi connectivity index (χ0) is 14.0. The van der Waals surface area contributed by atoms with E-state index < -0.39 is 0 Å². The van der Waals surface area contributed by atoms with E-state index in [1.54, 1.807) is 0 Å². The summed E-state index contributed by atoms with van der Waals surface area (Å²) in [6.45, 7) is 6.13. The van der Waals surface area contributed by atoms with E-state index in [2.05, 4.69) is 39.9 Å². The molecule has 0 spiro atoms. The molecule has 1 atom stereocenters. The third-order valence-corrected chi connectivity index (χ3v) is 3.71. The molecule has 19 heavy (non-hydrogen) atoms. The first-order chi connectivity index (χ1) is 9.06. The average Bonchev–Trinajstić information content (AvgIpc) is 2.81. The molecule has 0 amide bonds. The number of hydrogen-bond donors (Lipinski definition) is 1. The van der Waals surface area contributed by atoms with Crippen molar-refractivity contribution in [1.82, 2.24) is 14.8 Å². The van der Waals surface area contributed by atoms with Gasteiger partial charge in [-0.3, -0.25) is 0 Å². The first-order valence-electron chi connectivity index (χ1n) is 6.57. The molecule has 2 rings (SSSR count). The van der Waals surface area contributed by atoms with Crippen LogP contribution in [0.4, 0.5) is 0 Å². The summed E-state index contributed by atoms with van der Waals surface area (Å²) in [7, 11) is 0. The summed E-state index contributed by atoms with van der Waals surface area (Å²) in [5.41, 5.74) is 8.01. The zero-order valence-corrected chi connectivity index (χ0v) is 13.1. The van der Waals surface area contributed by atoms with Gasteiger partial charge in [-0.2, -0.15) is 5.10 Å². The van der Waals surface area contributed by atoms with Gasteiger partial charge in [-0.25, -0.2) is 9.67 Å². The molecule has 0 aliphatic carbocycles. The standard InChI is InChI=1S/C14H19BrN4/c1-4-13-17-14(5-2)19(18-13)12-7-6-10(9(3)16)8-11(12)15/h6-9H,4-5,16H2,1-3H3. The molecule has 0 aliphatic rings. The predicted molar refractivity (Wildman–Crippen MR) is 80.4 cm³/mol. The summed E-state index contributed by atoms with van der Waals surface area (Å²) in [5, 5.41) is 4.55. The second-order valence-electron chi connectivity index (χ2n) is 4.56. The number of benzene rings is 1. The van der Waals surface area contributed by atoms with Crippen LogP contribution in [0.5, 0.6) is 0 Å². The van der Waals surface area contributed by atoms with Gasteiger partial charge in [0.15, 0.2) is 5.82 Å². The van der Waals surface area contributed by atoms with Crippen molar-refractivity contribution in [2.45, 2.75) is 39.7 Å². The molecule has 1 unspecified atom stereocenters. The van der Waals surface area contributed by atoms with E-state index in [0.717, 1.165) is 40.2 Å². The number of aromatic nitrogens is 3. The normalized spacial score (nSPS) is 12.7. The number of halogens is 1. The largest absolute Gasteiger partial charge is 0.324 e. The van der Waals surface area contributed by atoms with Crippen LogP contribution in [0.2, 0.25) is 0 Å². The fraction of sp³-hybridized carbons (Fsp3) is 0.429. The second-order valence-corrected chi connectivity index (χ2v) is 5.42. The molecule has 1 aromatic carbocycles. The summed E-state index contributed by atoms with van der Waals surface area (Å²) in [6.07, 6.45) is 1.70. The smallest absolute Gasteiger partial charge is 0.151 e. The summed E-state index contributed by atoms with van der Waals surface area (Å²) in [5.74, 6) is 1.85. The molecule has 0 saturated heterocycles. The molecule has 1 aromatic heterocycles. The van der Waals surface area contributed by atoms with Gasteiger partial charge in [0, 0.05) is 23.4 Å². The van der Waals surface area contributed by atoms with E-state index in [9.17, 15) is 0 Å². The molecule has 2 aromatic rings. The van der Waals surface area contributed by atoms with Crippen LogP contribution in [0.15, 0.2) is 22.7 Å². The Labute approximate surface area is 122 Å². The highest BCUT2D eigenvalue weighted by atomic mass is 79.9. The molecule has 4 nitrogen and oxygen atoms in total. The van der Waals surface area contributed by atoms with Gasteiger partial charge >= 0.3 is 0 Å². The van der Waals surface area contributed by atoms with Crippen molar-refractivity contribution in [2.24, 2.45) is 5.73 Å². The Balaban J connectivity index is 2.49. The van der Waals surface area contributed by atoms with Crippen molar-refractivity contribution in [3.63, 3.8) is 0 Å². The fourth-order valence-electron chi connectivity index (χ4n) is 1.94. The molecule has 5 heteroatoms. The maximum absolute atomic E-state index is 5.90. The highest BCUT2D eigenvalue weighted by Gasteiger charge is 2.12. The predicted octanol–water partition coefficient (Wildman–Crippen LogP) is 3.17. The number of rotatable bonds is 4. The van der Waals surface area contributed by atoms with Gasteiger partial charge in [0.2, 0.25) is 0 Å². The molecule has 1 heterocycles. The number of hydrogen-bond acceptors (Lipinski definition) is 3. The molecule has 2 N–H and O–H groups in total. The lowest BCUT2D eigenvalue weighted by atomic mass is 10.1. The van der Waals surface area contributed by atoms with Crippen molar-refractivity contribution in [3.8, 4) is 5.69 Å². The molecular formula is C14H19BrN4. The Morgan fingerprint density at radius 1 is 1.32 bits per heavy atom. The number of nitrogens with zero attached hydrogens (tertiary/aromatic N) is 3. The Bertz CT molecular complexity index is 575. The summed E-state index contributed by atoms with van der Waals surface area (Å²) in [6, 6.07) is 6.15. The molecule has 0 fully saturated rings. The van der Waals surface area contributed by atoms with Crippen LogP contribution in [-0.4, -0.2) is 14.8 Å². The van der Waals surface area contributed by atoms with Gasteiger partial charge < -0.3 is 5.73 Å². The van der Waals surface area contributed by atoms with E-state index >= 15 is 0 Å². The highest BCUT2D eigenvalue weighted by molar-refractivity contribution is 9.10. The Kier molecular flexibility index (Phi) is 4.37.